The average Bonchev–Trinajstić information content (AvgIpc) is 2.68. The minimum Gasteiger partial charge on any atom is -0.490 e. The van der Waals surface area contributed by atoms with Crippen LogP contribution in [-0.2, 0) is 13.2 Å². The maximum absolute atomic E-state index is 13.1. The highest BCUT2D eigenvalue weighted by Gasteiger charge is 2.13. The number of anilines is 1. The van der Waals surface area contributed by atoms with Crippen LogP contribution in [0.5, 0.6) is 11.5 Å². The summed E-state index contributed by atoms with van der Waals surface area (Å²) < 4.78 is 25.8. The molecule has 0 atom stereocenters. The van der Waals surface area contributed by atoms with Gasteiger partial charge in [0.2, 0.25) is 0 Å². The van der Waals surface area contributed by atoms with Crippen molar-refractivity contribution in [2.24, 2.45) is 0 Å². The number of hydrogen-bond donors (Lipinski definition) is 1. The van der Waals surface area contributed by atoms with Gasteiger partial charge in [-0.1, -0.05) is 35.3 Å². The minimum atomic E-state index is -0.268. The van der Waals surface area contributed by atoms with Gasteiger partial charge in [0.05, 0.1) is 20.9 Å². The molecule has 0 fully saturated rings. The highest BCUT2D eigenvalue weighted by Crippen LogP contribution is 2.35. The number of nitrogens with one attached hydrogen (secondary N) is 1. The van der Waals surface area contributed by atoms with Gasteiger partial charge in [-0.15, -0.1) is 0 Å². The molecule has 0 heterocycles. The predicted molar refractivity (Wildman–Crippen MR) is 125 cm³/mol. The molecule has 7 heteroatoms. The molecular formula is C22H19Cl2FINO2. The lowest BCUT2D eigenvalue weighted by Crippen LogP contribution is -2.05. The van der Waals surface area contributed by atoms with Crippen LogP contribution in [0.2, 0.25) is 10.0 Å². The average molecular weight is 546 g/mol. The lowest BCUT2D eigenvalue weighted by atomic mass is 10.2. The van der Waals surface area contributed by atoms with Crippen molar-refractivity contribution in [1.82, 2.24) is 0 Å². The second-order valence-corrected chi connectivity index (χ2v) is 8.24. The van der Waals surface area contributed by atoms with Crippen molar-refractivity contribution >= 4 is 51.5 Å². The molecule has 0 saturated heterocycles. The van der Waals surface area contributed by atoms with Gasteiger partial charge in [0, 0.05) is 11.6 Å². The summed E-state index contributed by atoms with van der Waals surface area (Å²) in [5, 5.41) is 4.47. The van der Waals surface area contributed by atoms with Gasteiger partial charge < -0.3 is 14.8 Å². The number of rotatable bonds is 8. The van der Waals surface area contributed by atoms with Crippen LogP contribution in [-0.4, -0.2) is 6.61 Å². The van der Waals surface area contributed by atoms with Crippen molar-refractivity contribution in [3.05, 3.63) is 85.2 Å². The minimum absolute atomic E-state index is 0.268. The Morgan fingerprint density at radius 2 is 1.72 bits per heavy atom. The summed E-state index contributed by atoms with van der Waals surface area (Å²) >= 11 is 14.4. The highest BCUT2D eigenvalue weighted by atomic mass is 127. The van der Waals surface area contributed by atoms with E-state index in [0.717, 1.165) is 20.4 Å². The van der Waals surface area contributed by atoms with Crippen LogP contribution in [0, 0.1) is 9.39 Å². The number of benzene rings is 3. The molecule has 0 aliphatic heterocycles. The van der Waals surface area contributed by atoms with Crippen LogP contribution < -0.4 is 14.8 Å². The van der Waals surface area contributed by atoms with Gasteiger partial charge in [0.1, 0.15) is 12.4 Å². The Balaban J connectivity index is 1.75. The van der Waals surface area contributed by atoms with E-state index in [1.165, 1.54) is 12.1 Å². The summed E-state index contributed by atoms with van der Waals surface area (Å²) in [5.74, 6) is 1.07. The van der Waals surface area contributed by atoms with Gasteiger partial charge in [-0.3, -0.25) is 0 Å². The molecule has 152 valence electrons. The standard InChI is InChI=1S/C22H19Cl2FINO2/c1-2-28-21-10-15(12-27-20-8-5-16(23)11-18(20)24)9-19(26)22(21)29-13-14-3-6-17(25)7-4-14/h3-11,27H,2,12-13H2,1H3. The van der Waals surface area contributed by atoms with E-state index in [9.17, 15) is 4.39 Å². The van der Waals surface area contributed by atoms with E-state index in [0.29, 0.717) is 41.3 Å². The summed E-state index contributed by atoms with van der Waals surface area (Å²) in [6.07, 6.45) is 0. The zero-order valence-electron chi connectivity index (χ0n) is 15.6. The summed E-state index contributed by atoms with van der Waals surface area (Å²) in [7, 11) is 0. The first-order valence-corrected chi connectivity index (χ1v) is 10.8. The zero-order valence-corrected chi connectivity index (χ0v) is 19.3. The predicted octanol–water partition coefficient (Wildman–Crippen LogP) is 7.33. The molecule has 29 heavy (non-hydrogen) atoms. The van der Waals surface area contributed by atoms with Crippen LogP contribution in [0.25, 0.3) is 0 Å². The first-order valence-electron chi connectivity index (χ1n) is 8.97. The summed E-state index contributed by atoms with van der Waals surface area (Å²) in [4.78, 5) is 0. The molecule has 0 aromatic heterocycles. The molecule has 0 radical (unpaired) electrons. The van der Waals surface area contributed by atoms with E-state index < -0.39 is 0 Å². The monoisotopic (exact) mass is 545 g/mol. The van der Waals surface area contributed by atoms with Gasteiger partial charge in [0.25, 0.3) is 0 Å². The van der Waals surface area contributed by atoms with Crippen LogP contribution in [0.4, 0.5) is 10.1 Å². The quantitative estimate of drug-likeness (QED) is 0.301. The van der Waals surface area contributed by atoms with E-state index in [4.69, 9.17) is 32.7 Å². The topological polar surface area (TPSA) is 30.5 Å². The molecule has 1 N–H and O–H groups in total. The molecule has 0 bridgehead atoms. The van der Waals surface area contributed by atoms with Gasteiger partial charge >= 0.3 is 0 Å². The molecule has 0 spiro atoms. The zero-order chi connectivity index (χ0) is 20.8. The molecule has 0 saturated carbocycles. The number of hydrogen-bond acceptors (Lipinski definition) is 3. The fourth-order valence-corrected chi connectivity index (χ4v) is 3.99. The summed E-state index contributed by atoms with van der Waals surface area (Å²) in [5.41, 5.74) is 2.71. The van der Waals surface area contributed by atoms with E-state index in [-0.39, 0.29) is 5.82 Å². The molecule has 3 rings (SSSR count). The Labute approximate surface area is 193 Å². The Kier molecular flexibility index (Phi) is 7.86. The third kappa shape index (κ3) is 6.14. The van der Waals surface area contributed by atoms with Crippen molar-refractivity contribution in [3.63, 3.8) is 0 Å². The molecule has 0 amide bonds. The van der Waals surface area contributed by atoms with Crippen molar-refractivity contribution in [3.8, 4) is 11.5 Å². The molecule has 0 aliphatic carbocycles. The lowest BCUT2D eigenvalue weighted by molar-refractivity contribution is 0.267. The fraction of sp³-hybridized carbons (Fsp3) is 0.182. The first-order chi connectivity index (χ1) is 14.0. The maximum atomic E-state index is 13.1. The molecule has 0 unspecified atom stereocenters. The van der Waals surface area contributed by atoms with Crippen molar-refractivity contribution < 1.29 is 13.9 Å². The van der Waals surface area contributed by atoms with Crippen molar-refractivity contribution in [2.75, 3.05) is 11.9 Å². The second kappa shape index (κ2) is 10.4. The number of halogens is 4. The van der Waals surface area contributed by atoms with Crippen molar-refractivity contribution in [1.29, 1.82) is 0 Å². The van der Waals surface area contributed by atoms with E-state index >= 15 is 0 Å². The van der Waals surface area contributed by atoms with Gasteiger partial charge in [-0.25, -0.2) is 4.39 Å². The Hall–Kier alpha value is -1.70. The first kappa shape index (κ1) is 22.0. The normalized spacial score (nSPS) is 10.7. The van der Waals surface area contributed by atoms with Crippen LogP contribution in [0.3, 0.4) is 0 Å². The van der Waals surface area contributed by atoms with Gasteiger partial charge in [0.15, 0.2) is 11.5 Å². The fourth-order valence-electron chi connectivity index (χ4n) is 2.69. The van der Waals surface area contributed by atoms with Crippen LogP contribution in [0.15, 0.2) is 54.6 Å². The third-order valence-electron chi connectivity index (χ3n) is 4.08. The van der Waals surface area contributed by atoms with E-state index in [1.54, 1.807) is 24.3 Å². The van der Waals surface area contributed by atoms with Gasteiger partial charge in [-0.2, -0.15) is 0 Å². The molecule has 3 aromatic rings. The van der Waals surface area contributed by atoms with Crippen LogP contribution >= 0.6 is 45.8 Å². The van der Waals surface area contributed by atoms with Crippen molar-refractivity contribution in [2.45, 2.75) is 20.1 Å². The maximum Gasteiger partial charge on any atom is 0.174 e. The Bertz CT molecular complexity index is 983. The summed E-state index contributed by atoms with van der Waals surface area (Å²) in [6.45, 7) is 3.34. The second-order valence-electron chi connectivity index (χ2n) is 6.23. The Morgan fingerprint density at radius 3 is 2.41 bits per heavy atom. The largest absolute Gasteiger partial charge is 0.490 e. The third-order valence-corrected chi connectivity index (χ3v) is 5.43. The van der Waals surface area contributed by atoms with Gasteiger partial charge in [-0.05, 0) is 83.1 Å². The molecule has 0 aliphatic rings. The van der Waals surface area contributed by atoms with E-state index in [2.05, 4.69) is 27.9 Å². The Morgan fingerprint density at radius 1 is 0.966 bits per heavy atom. The molecule has 3 aromatic carbocycles. The molecular weight excluding hydrogens is 527 g/mol. The summed E-state index contributed by atoms with van der Waals surface area (Å²) in [6, 6.07) is 15.6. The smallest absolute Gasteiger partial charge is 0.174 e. The lowest BCUT2D eigenvalue weighted by Gasteiger charge is -2.16. The highest BCUT2D eigenvalue weighted by molar-refractivity contribution is 14.1. The molecule has 3 nitrogen and oxygen atoms in total. The van der Waals surface area contributed by atoms with Crippen LogP contribution in [0.1, 0.15) is 18.1 Å². The van der Waals surface area contributed by atoms with E-state index in [1.807, 2.05) is 25.1 Å². The SMILES string of the molecule is CCOc1cc(CNc2ccc(Cl)cc2Cl)cc(I)c1OCc1ccc(F)cc1. The number of ether oxygens (including phenoxy) is 2.